The maximum atomic E-state index is 13.9. The highest BCUT2D eigenvalue weighted by Crippen LogP contribution is 2.37. The SMILES string of the molecule is CCCCCCCCCCCCCS(C)(=O)=N[Si](c1ccccc1)(c1ccccc1)C(C)(C)C. The molecule has 0 heterocycles. The fraction of sp³-hybridized carbons (Fsp3) is 0.600. The van der Waals surface area contributed by atoms with Crippen molar-refractivity contribution in [3.05, 3.63) is 60.7 Å². The average molecular weight is 500 g/mol. The van der Waals surface area contributed by atoms with Gasteiger partial charge in [-0.15, -0.1) is 0 Å². The molecule has 0 saturated carbocycles. The number of hydrogen-bond acceptors (Lipinski definition) is 2. The number of nitrogens with zero attached hydrogens (tertiary/aromatic N) is 1. The second-order valence-corrected chi connectivity index (χ2v) is 18.1. The van der Waals surface area contributed by atoms with Gasteiger partial charge in [-0.25, -0.2) is 0 Å². The summed E-state index contributed by atoms with van der Waals surface area (Å²) in [6.45, 7) is 9.11. The van der Waals surface area contributed by atoms with E-state index in [1.807, 2.05) is 6.26 Å². The molecule has 0 amide bonds. The maximum Gasteiger partial charge on any atom is 0.259 e. The predicted octanol–water partition coefficient (Wildman–Crippen LogP) is 7.96. The van der Waals surface area contributed by atoms with Crippen molar-refractivity contribution in [2.75, 3.05) is 12.0 Å². The number of benzene rings is 2. The minimum atomic E-state index is -2.64. The summed E-state index contributed by atoms with van der Waals surface area (Å²) in [6.07, 6.45) is 16.3. The molecule has 4 heteroatoms. The first-order valence-electron chi connectivity index (χ1n) is 13.5. The zero-order valence-electron chi connectivity index (χ0n) is 22.5. The van der Waals surface area contributed by atoms with Crippen LogP contribution >= 0.6 is 0 Å². The molecule has 34 heavy (non-hydrogen) atoms. The van der Waals surface area contributed by atoms with Gasteiger partial charge in [0.1, 0.15) is 0 Å². The molecule has 0 aliphatic heterocycles. The van der Waals surface area contributed by atoms with Gasteiger partial charge in [-0.05, 0) is 21.8 Å². The van der Waals surface area contributed by atoms with Crippen molar-refractivity contribution in [3.63, 3.8) is 0 Å². The van der Waals surface area contributed by atoms with Crippen molar-refractivity contribution in [2.24, 2.45) is 4.03 Å². The molecule has 2 aromatic rings. The van der Waals surface area contributed by atoms with Crippen LogP contribution in [0.3, 0.4) is 0 Å². The van der Waals surface area contributed by atoms with Crippen LogP contribution in [0.15, 0.2) is 64.7 Å². The molecular weight excluding hydrogens is 450 g/mol. The zero-order chi connectivity index (χ0) is 24.9. The largest absolute Gasteiger partial charge is 0.266 e. The molecule has 2 rings (SSSR count). The number of unbranched alkanes of at least 4 members (excludes halogenated alkanes) is 10. The summed E-state index contributed by atoms with van der Waals surface area (Å²) in [7, 11) is -4.93. The van der Waals surface area contributed by atoms with Crippen LogP contribution < -0.4 is 10.4 Å². The van der Waals surface area contributed by atoms with Crippen LogP contribution in [-0.2, 0) is 9.73 Å². The minimum absolute atomic E-state index is 0.0918. The Morgan fingerprint density at radius 2 is 1.06 bits per heavy atom. The van der Waals surface area contributed by atoms with E-state index in [4.69, 9.17) is 4.03 Å². The Balaban J connectivity index is 2.08. The van der Waals surface area contributed by atoms with Gasteiger partial charge >= 0.3 is 0 Å². The fourth-order valence-electron chi connectivity index (χ4n) is 5.00. The standard InChI is InChI=1S/C30H49NOSSi/c1-6-7-8-9-10-11-12-13-14-15-22-27-33(5,32)31-34(30(2,3)4,28-23-18-16-19-24-28)29-25-20-17-21-26-29/h16-21,23-26H,6-15,22,27H2,1-5H3. The van der Waals surface area contributed by atoms with E-state index in [1.165, 1.54) is 68.2 Å². The van der Waals surface area contributed by atoms with Gasteiger partial charge in [0, 0.05) is 21.7 Å². The molecule has 0 aliphatic rings. The van der Waals surface area contributed by atoms with Crippen molar-refractivity contribution in [1.29, 1.82) is 0 Å². The van der Waals surface area contributed by atoms with Crippen LogP contribution in [0.4, 0.5) is 0 Å². The van der Waals surface area contributed by atoms with Gasteiger partial charge in [0.2, 0.25) is 0 Å². The van der Waals surface area contributed by atoms with Crippen LogP contribution in [-0.4, -0.2) is 24.5 Å². The molecular formula is C30H49NOSSi. The summed E-state index contributed by atoms with van der Waals surface area (Å²) >= 11 is 0. The molecule has 0 bridgehead atoms. The Morgan fingerprint density at radius 3 is 1.44 bits per heavy atom. The van der Waals surface area contributed by atoms with Crippen molar-refractivity contribution in [2.45, 2.75) is 103 Å². The molecule has 1 atom stereocenters. The highest BCUT2D eigenvalue weighted by Gasteiger charge is 2.49. The minimum Gasteiger partial charge on any atom is -0.266 e. The van der Waals surface area contributed by atoms with Gasteiger partial charge in [0.05, 0.1) is 0 Å². The highest BCUT2D eigenvalue weighted by molar-refractivity contribution is 7.93. The summed E-state index contributed by atoms with van der Waals surface area (Å²) in [6, 6.07) is 21.3. The van der Waals surface area contributed by atoms with Crippen LogP contribution in [0, 0.1) is 0 Å². The molecule has 0 radical (unpaired) electrons. The summed E-state index contributed by atoms with van der Waals surface area (Å²) in [5, 5.41) is 2.41. The smallest absolute Gasteiger partial charge is 0.259 e. The van der Waals surface area contributed by atoms with E-state index in [0.29, 0.717) is 5.75 Å². The summed E-state index contributed by atoms with van der Waals surface area (Å²) < 4.78 is 19.3. The molecule has 190 valence electrons. The van der Waals surface area contributed by atoms with Crippen molar-refractivity contribution in [1.82, 2.24) is 0 Å². The topological polar surface area (TPSA) is 29.4 Å². The lowest BCUT2D eigenvalue weighted by Gasteiger charge is -2.40. The predicted molar refractivity (Wildman–Crippen MR) is 155 cm³/mol. The molecule has 0 fully saturated rings. The molecule has 0 aromatic heterocycles. The zero-order valence-corrected chi connectivity index (χ0v) is 24.3. The van der Waals surface area contributed by atoms with E-state index in [9.17, 15) is 4.21 Å². The highest BCUT2D eigenvalue weighted by atomic mass is 32.2. The summed E-state index contributed by atoms with van der Waals surface area (Å²) in [5.41, 5.74) is 0. The lowest BCUT2D eigenvalue weighted by molar-refractivity contribution is 0.554. The summed E-state index contributed by atoms with van der Waals surface area (Å²) in [4.78, 5) is 0. The normalized spacial score (nSPS) is 14.0. The van der Waals surface area contributed by atoms with Gasteiger partial charge < -0.3 is 0 Å². The van der Waals surface area contributed by atoms with Crippen LogP contribution in [0.1, 0.15) is 98.3 Å². The van der Waals surface area contributed by atoms with E-state index in [0.717, 1.165) is 12.8 Å². The average Bonchev–Trinajstić information content (AvgIpc) is 2.81. The van der Waals surface area contributed by atoms with Crippen molar-refractivity contribution < 1.29 is 4.21 Å². The molecule has 0 spiro atoms. The number of rotatable bonds is 15. The van der Waals surface area contributed by atoms with E-state index in [1.54, 1.807) is 0 Å². The van der Waals surface area contributed by atoms with Gasteiger partial charge in [-0.1, -0.05) is 153 Å². The molecule has 0 aliphatic carbocycles. The summed E-state index contributed by atoms with van der Waals surface area (Å²) in [5.74, 6) is 0.703. The Hall–Kier alpha value is -1.39. The van der Waals surface area contributed by atoms with Gasteiger partial charge in [0.15, 0.2) is 0 Å². The first-order valence-corrected chi connectivity index (χ1v) is 17.6. The van der Waals surface area contributed by atoms with Gasteiger partial charge in [-0.3, -0.25) is 8.24 Å². The Bertz CT molecular complexity index is 888. The molecule has 2 aromatic carbocycles. The van der Waals surface area contributed by atoms with E-state index < -0.39 is 18.0 Å². The molecule has 2 nitrogen and oxygen atoms in total. The van der Waals surface area contributed by atoms with Gasteiger partial charge in [-0.2, -0.15) is 0 Å². The first kappa shape index (κ1) is 28.8. The fourth-order valence-corrected chi connectivity index (χ4v) is 13.8. The molecule has 1 unspecified atom stereocenters. The monoisotopic (exact) mass is 499 g/mol. The van der Waals surface area contributed by atoms with E-state index in [-0.39, 0.29) is 5.04 Å². The quantitative estimate of drug-likeness (QED) is 0.180. The lowest BCUT2D eigenvalue weighted by Crippen LogP contribution is -2.63. The third-order valence-corrected chi connectivity index (χ3v) is 15.1. The van der Waals surface area contributed by atoms with Crippen LogP contribution in [0.25, 0.3) is 0 Å². The van der Waals surface area contributed by atoms with Crippen LogP contribution in [0.5, 0.6) is 0 Å². The van der Waals surface area contributed by atoms with Gasteiger partial charge in [0.25, 0.3) is 8.24 Å². The van der Waals surface area contributed by atoms with E-state index in [2.05, 4.69) is 88.4 Å². The second kappa shape index (κ2) is 14.2. The van der Waals surface area contributed by atoms with E-state index >= 15 is 0 Å². The first-order chi connectivity index (χ1) is 16.2. The molecule has 0 N–H and O–H groups in total. The Labute approximate surface area is 212 Å². The van der Waals surface area contributed by atoms with Crippen LogP contribution in [0.2, 0.25) is 5.04 Å². The molecule has 0 saturated heterocycles. The van der Waals surface area contributed by atoms with Crippen molar-refractivity contribution in [3.8, 4) is 0 Å². The number of hydrogen-bond donors (Lipinski definition) is 0. The third kappa shape index (κ3) is 8.68. The third-order valence-electron chi connectivity index (χ3n) is 6.93. The second-order valence-electron chi connectivity index (χ2n) is 11.0. The Morgan fingerprint density at radius 1 is 0.676 bits per heavy atom. The lowest BCUT2D eigenvalue weighted by atomic mass is 10.1. The Kier molecular flexibility index (Phi) is 12.1. The maximum absolute atomic E-state index is 13.9. The van der Waals surface area contributed by atoms with Crippen molar-refractivity contribution >= 4 is 28.3 Å².